The molecule has 3 aliphatic heterocycles. The van der Waals surface area contributed by atoms with Crippen molar-refractivity contribution in [3.8, 4) is 0 Å². The van der Waals surface area contributed by atoms with E-state index in [0.717, 1.165) is 43.3 Å². The standard InChI is InChI=1S/C27H43ClNO5/c1-16-14-19(30)18-11-10-17(2)29(12-8-6-5-7-9-13-29)25(18)27(16)26(31)22-20(32-3)15-21(33-4)23(28)24(22)34-27/h16-18,20-25H,5-15H2,1-4H3/q+1/t16-,17?,18?,20?,21?,22?,23?,24?,25?,27+/m1/s1. The summed E-state index contributed by atoms with van der Waals surface area (Å²) in [4.78, 5) is 28.2. The van der Waals surface area contributed by atoms with Gasteiger partial charge in [0, 0.05) is 39.4 Å². The highest BCUT2D eigenvalue weighted by molar-refractivity contribution is 6.22. The average Bonchev–Trinajstić information content (AvgIpc) is 3.11. The van der Waals surface area contributed by atoms with Crippen LogP contribution < -0.4 is 0 Å². The number of carbonyl (C=O) groups excluding carboxylic acids is 2. The first kappa shape index (κ1) is 25.1. The Hall–Kier alpha value is -0.530. The molecule has 8 unspecified atom stereocenters. The van der Waals surface area contributed by atoms with Crippen molar-refractivity contribution < 1.29 is 28.3 Å². The second kappa shape index (κ2) is 9.41. The summed E-state index contributed by atoms with van der Waals surface area (Å²) in [6.07, 6.45) is 8.01. The monoisotopic (exact) mass is 496 g/mol. The van der Waals surface area contributed by atoms with Gasteiger partial charge in [0.25, 0.3) is 0 Å². The molecule has 7 heteroatoms. The van der Waals surface area contributed by atoms with Gasteiger partial charge in [-0.05, 0) is 39.0 Å². The van der Waals surface area contributed by atoms with Crippen LogP contribution in [0.15, 0.2) is 0 Å². The normalized spacial score (nSPS) is 48.9. The lowest BCUT2D eigenvalue weighted by molar-refractivity contribution is -0.985. The van der Waals surface area contributed by atoms with Crippen LogP contribution in [-0.2, 0) is 23.8 Å². The minimum Gasteiger partial charge on any atom is -0.380 e. The summed E-state index contributed by atoms with van der Waals surface area (Å²) in [5.41, 5.74) is -0.978. The van der Waals surface area contributed by atoms with Crippen LogP contribution in [0.25, 0.3) is 0 Å². The van der Waals surface area contributed by atoms with E-state index in [1.54, 1.807) is 14.2 Å². The smallest absolute Gasteiger partial charge is 0.182 e. The van der Waals surface area contributed by atoms with Gasteiger partial charge in [-0.1, -0.05) is 13.3 Å². The Labute approximate surface area is 209 Å². The minimum absolute atomic E-state index is 0.107. The number of halogens is 1. The van der Waals surface area contributed by atoms with E-state index in [-0.39, 0.29) is 35.9 Å². The second-order valence-corrected chi connectivity index (χ2v) is 12.4. The zero-order valence-electron chi connectivity index (χ0n) is 21.3. The third-order valence-electron chi connectivity index (χ3n) is 10.5. The van der Waals surface area contributed by atoms with Gasteiger partial charge in [0.2, 0.25) is 0 Å². The molecule has 10 atom stereocenters. The van der Waals surface area contributed by atoms with Gasteiger partial charge in [-0.2, -0.15) is 0 Å². The highest BCUT2D eigenvalue weighted by atomic mass is 35.5. The molecule has 0 bridgehead atoms. The quantitative estimate of drug-likeness (QED) is 0.428. The number of quaternary nitrogens is 1. The third-order valence-corrected chi connectivity index (χ3v) is 11.0. The summed E-state index contributed by atoms with van der Waals surface area (Å²) in [5.74, 6) is -0.187. The summed E-state index contributed by atoms with van der Waals surface area (Å²) < 4.78 is 19.5. The number of ether oxygens (including phenoxy) is 3. The summed E-state index contributed by atoms with van der Waals surface area (Å²) in [7, 11) is 3.34. The fourth-order valence-corrected chi connectivity index (χ4v) is 9.14. The molecule has 34 heavy (non-hydrogen) atoms. The number of carbonyl (C=O) groups is 2. The predicted molar refractivity (Wildman–Crippen MR) is 130 cm³/mol. The van der Waals surface area contributed by atoms with Crippen LogP contribution in [0.5, 0.6) is 0 Å². The lowest BCUT2D eigenvalue weighted by atomic mass is 9.59. The number of Topliss-reactive ketones (excluding diaryl/α,β-unsaturated/α-hetero) is 2. The Bertz CT molecular complexity index is 798. The van der Waals surface area contributed by atoms with Gasteiger partial charge in [-0.3, -0.25) is 9.59 Å². The number of piperidine rings is 1. The highest BCUT2D eigenvalue weighted by Crippen LogP contribution is 2.57. The molecular weight excluding hydrogens is 454 g/mol. The van der Waals surface area contributed by atoms with E-state index in [1.165, 1.54) is 19.3 Å². The topological polar surface area (TPSA) is 61.8 Å². The Kier molecular flexibility index (Phi) is 6.95. The van der Waals surface area contributed by atoms with E-state index in [9.17, 15) is 9.59 Å². The van der Waals surface area contributed by atoms with Crippen molar-refractivity contribution >= 4 is 23.2 Å². The SMILES string of the molecule is COC1CC(OC)C2C(=O)[C@@]3(OC2C1Cl)C1C(CCC(C)[N+]12CCCCCCC2)C(=O)C[C@H]3C. The maximum Gasteiger partial charge on any atom is 0.182 e. The molecule has 0 amide bonds. The molecule has 5 rings (SSSR count). The number of ketones is 2. The Morgan fingerprint density at radius 1 is 0.971 bits per heavy atom. The second-order valence-electron chi connectivity index (χ2n) is 11.9. The van der Waals surface area contributed by atoms with Crippen molar-refractivity contribution in [1.29, 1.82) is 0 Å². The fourth-order valence-electron chi connectivity index (χ4n) is 8.73. The number of alkyl halides is 1. The lowest BCUT2D eigenvalue weighted by Gasteiger charge is -2.62. The molecule has 192 valence electrons. The first-order valence-corrected chi connectivity index (χ1v) is 14.1. The van der Waals surface area contributed by atoms with E-state index < -0.39 is 23.0 Å². The van der Waals surface area contributed by atoms with Gasteiger partial charge in [0.15, 0.2) is 11.4 Å². The first-order chi connectivity index (χ1) is 16.3. The Balaban J connectivity index is 1.64. The van der Waals surface area contributed by atoms with Gasteiger partial charge in [0.05, 0.1) is 54.7 Å². The molecular formula is C27H43ClNO5+. The highest BCUT2D eigenvalue weighted by Gasteiger charge is 2.74. The number of methoxy groups -OCH3 is 2. The number of fused-ring (bicyclic) bond motifs is 4. The van der Waals surface area contributed by atoms with E-state index in [2.05, 4.69) is 13.8 Å². The summed E-state index contributed by atoms with van der Waals surface area (Å²) in [5, 5.41) is -0.408. The number of rotatable bonds is 2. The zero-order chi connectivity index (χ0) is 24.3. The maximum absolute atomic E-state index is 14.7. The number of hydrogen-bond donors (Lipinski definition) is 0. The molecule has 2 aliphatic carbocycles. The van der Waals surface area contributed by atoms with Crippen molar-refractivity contribution in [2.24, 2.45) is 17.8 Å². The van der Waals surface area contributed by atoms with Crippen LogP contribution >= 0.6 is 11.6 Å². The van der Waals surface area contributed by atoms with Gasteiger partial charge in [-0.25, -0.2) is 0 Å². The van der Waals surface area contributed by atoms with Crippen molar-refractivity contribution in [3.63, 3.8) is 0 Å². The van der Waals surface area contributed by atoms with Crippen molar-refractivity contribution in [2.75, 3.05) is 27.3 Å². The maximum atomic E-state index is 14.7. The number of hydrogen-bond acceptors (Lipinski definition) is 5. The molecule has 2 saturated carbocycles. The molecule has 5 aliphatic rings. The van der Waals surface area contributed by atoms with Crippen LogP contribution in [0.3, 0.4) is 0 Å². The zero-order valence-corrected chi connectivity index (χ0v) is 22.1. The molecule has 0 aromatic rings. The van der Waals surface area contributed by atoms with Crippen LogP contribution in [0.2, 0.25) is 0 Å². The van der Waals surface area contributed by atoms with Gasteiger partial charge in [0.1, 0.15) is 11.8 Å². The summed E-state index contributed by atoms with van der Waals surface area (Å²) >= 11 is 6.95. The van der Waals surface area contributed by atoms with E-state index in [4.69, 9.17) is 25.8 Å². The molecule has 2 spiro atoms. The molecule has 6 nitrogen and oxygen atoms in total. The fraction of sp³-hybridized carbons (Fsp3) is 0.926. The van der Waals surface area contributed by atoms with Crippen molar-refractivity contribution in [2.45, 2.75) is 113 Å². The molecule has 0 aromatic carbocycles. The Morgan fingerprint density at radius 2 is 1.62 bits per heavy atom. The van der Waals surface area contributed by atoms with Gasteiger partial charge >= 0.3 is 0 Å². The minimum atomic E-state index is -0.978. The van der Waals surface area contributed by atoms with Crippen molar-refractivity contribution in [1.82, 2.24) is 0 Å². The summed E-state index contributed by atoms with van der Waals surface area (Å²) in [6, 6.07) is 0.302. The molecule has 3 saturated heterocycles. The molecule has 0 radical (unpaired) electrons. The molecule has 5 fully saturated rings. The third kappa shape index (κ3) is 3.49. The van der Waals surface area contributed by atoms with Crippen LogP contribution in [-0.4, -0.2) is 84.7 Å². The van der Waals surface area contributed by atoms with Gasteiger partial charge < -0.3 is 18.7 Å². The first-order valence-electron chi connectivity index (χ1n) is 13.6. The average molecular weight is 497 g/mol. The Morgan fingerprint density at radius 3 is 2.26 bits per heavy atom. The predicted octanol–water partition coefficient (Wildman–Crippen LogP) is 3.91. The lowest BCUT2D eigenvalue weighted by Crippen LogP contribution is -2.78. The molecule has 0 aromatic heterocycles. The van der Waals surface area contributed by atoms with E-state index in [1.807, 2.05) is 0 Å². The van der Waals surface area contributed by atoms with Crippen molar-refractivity contribution in [3.05, 3.63) is 0 Å². The number of nitrogens with zero attached hydrogens (tertiary/aromatic N) is 1. The van der Waals surface area contributed by atoms with Crippen LogP contribution in [0, 0.1) is 17.8 Å². The van der Waals surface area contributed by atoms with Gasteiger partial charge in [-0.15, -0.1) is 11.6 Å². The summed E-state index contributed by atoms with van der Waals surface area (Å²) in [6.45, 7) is 6.50. The largest absolute Gasteiger partial charge is 0.380 e. The van der Waals surface area contributed by atoms with Crippen LogP contribution in [0.1, 0.15) is 71.6 Å². The molecule has 3 heterocycles. The van der Waals surface area contributed by atoms with E-state index >= 15 is 0 Å². The van der Waals surface area contributed by atoms with E-state index in [0.29, 0.717) is 24.7 Å². The van der Waals surface area contributed by atoms with Crippen LogP contribution in [0.4, 0.5) is 0 Å². The molecule has 0 N–H and O–H groups in total.